The highest BCUT2D eigenvalue weighted by Gasteiger charge is 2.12. The quantitative estimate of drug-likeness (QED) is 0.0732. The third-order valence-corrected chi connectivity index (χ3v) is 8.07. The second-order valence-corrected chi connectivity index (χ2v) is 11.7. The minimum absolute atomic E-state index is 0.207. The van der Waals surface area contributed by atoms with E-state index in [1.165, 1.54) is 0 Å². The number of hydrogen-bond donors (Lipinski definition) is 5. The lowest BCUT2D eigenvalue weighted by molar-refractivity contribution is 0.106. The predicted molar refractivity (Wildman–Crippen MR) is 198 cm³/mol. The molecule has 2 unspecified atom stereocenters. The van der Waals surface area contributed by atoms with Crippen molar-refractivity contribution in [3.05, 3.63) is 97.2 Å². The number of methoxy groups -OCH3 is 2. The summed E-state index contributed by atoms with van der Waals surface area (Å²) in [7, 11) is 3.30. The van der Waals surface area contributed by atoms with Crippen molar-refractivity contribution in [2.24, 2.45) is 5.73 Å². The van der Waals surface area contributed by atoms with E-state index in [9.17, 15) is 5.11 Å². The topological polar surface area (TPSA) is 136 Å². The van der Waals surface area contributed by atoms with Crippen LogP contribution in [0.15, 0.2) is 97.2 Å². The van der Waals surface area contributed by atoms with Gasteiger partial charge < -0.3 is 45.4 Å². The van der Waals surface area contributed by atoms with Crippen LogP contribution >= 0.6 is 0 Å². The van der Waals surface area contributed by atoms with Crippen LogP contribution in [0.5, 0.6) is 23.0 Å². The van der Waals surface area contributed by atoms with Gasteiger partial charge in [-0.05, 0) is 68.8 Å². The van der Waals surface area contributed by atoms with Crippen molar-refractivity contribution in [1.29, 1.82) is 0 Å². The molecule has 0 bridgehead atoms. The number of nitrogens with zero attached hydrogens (tertiary/aromatic N) is 1. The standard InChI is InChI=1S/C24H26N2O4.C15H21N3O/c1-28-21-10-4-5-11-22(21)29-14-13-25-15-17(27)16-30-23-12-6-9-20-24(23)18-7-2-3-8-19(18)26-20;1-11(5-3-7-16)18-14-10-13(19-2)9-12-6-4-8-17-15(12)14/h2-12,17,25-27H,13-16H2,1H3;4,6,8-11,18H,3,5,7,16H2,1-2H3. The Hall–Kier alpha value is -5.03. The van der Waals surface area contributed by atoms with Crippen LogP contribution in [0.3, 0.4) is 0 Å². The number of rotatable bonds is 16. The number of aromatic nitrogens is 2. The molecule has 0 saturated carbocycles. The Kier molecular flexibility index (Phi) is 12.9. The van der Waals surface area contributed by atoms with E-state index in [1.807, 2.05) is 91.1 Å². The Morgan fingerprint density at radius 3 is 2.45 bits per heavy atom. The Labute approximate surface area is 287 Å². The second kappa shape index (κ2) is 17.9. The molecule has 4 aromatic carbocycles. The van der Waals surface area contributed by atoms with Gasteiger partial charge in [0.15, 0.2) is 11.5 Å². The lowest BCUT2D eigenvalue weighted by atomic mass is 10.1. The minimum Gasteiger partial charge on any atom is -0.497 e. The number of anilines is 1. The summed E-state index contributed by atoms with van der Waals surface area (Å²) in [5.74, 6) is 3.02. The van der Waals surface area contributed by atoms with Crippen molar-refractivity contribution < 1.29 is 24.1 Å². The van der Waals surface area contributed by atoms with Gasteiger partial charge in [-0.15, -0.1) is 0 Å². The molecule has 2 heterocycles. The third-order valence-electron chi connectivity index (χ3n) is 8.07. The average Bonchev–Trinajstić information content (AvgIpc) is 3.52. The van der Waals surface area contributed by atoms with Gasteiger partial charge in [-0.1, -0.05) is 42.5 Å². The van der Waals surface area contributed by atoms with Gasteiger partial charge in [0, 0.05) is 53.1 Å². The number of aliphatic hydroxyl groups excluding tert-OH is 1. The maximum absolute atomic E-state index is 10.3. The molecule has 10 heteroatoms. The van der Waals surface area contributed by atoms with E-state index in [0.717, 1.165) is 69.3 Å². The first-order valence-corrected chi connectivity index (χ1v) is 16.7. The number of H-pyrrole nitrogens is 1. The molecular formula is C39H47N5O5. The van der Waals surface area contributed by atoms with Crippen molar-refractivity contribution in [2.45, 2.75) is 31.9 Å². The van der Waals surface area contributed by atoms with Crippen molar-refractivity contribution in [3.8, 4) is 23.0 Å². The van der Waals surface area contributed by atoms with E-state index in [-0.39, 0.29) is 6.61 Å². The van der Waals surface area contributed by atoms with E-state index >= 15 is 0 Å². The zero-order valence-corrected chi connectivity index (χ0v) is 28.4. The number of para-hydroxylation sites is 3. The van der Waals surface area contributed by atoms with Gasteiger partial charge in [-0.2, -0.15) is 0 Å². The number of hydrogen-bond acceptors (Lipinski definition) is 9. The first-order chi connectivity index (χ1) is 24.0. The average molecular weight is 666 g/mol. The Morgan fingerprint density at radius 2 is 1.63 bits per heavy atom. The normalized spacial score (nSPS) is 12.3. The van der Waals surface area contributed by atoms with E-state index in [2.05, 4.69) is 33.6 Å². The van der Waals surface area contributed by atoms with Crippen LogP contribution in [0, 0.1) is 0 Å². The number of ether oxygens (including phenoxy) is 4. The fourth-order valence-electron chi connectivity index (χ4n) is 5.63. The number of pyridine rings is 1. The van der Waals surface area contributed by atoms with Crippen LogP contribution in [0.1, 0.15) is 19.8 Å². The molecule has 0 aliphatic rings. The molecule has 2 atom stereocenters. The molecule has 258 valence electrons. The van der Waals surface area contributed by atoms with Crippen molar-refractivity contribution >= 4 is 38.4 Å². The first-order valence-electron chi connectivity index (χ1n) is 16.7. The first kappa shape index (κ1) is 35.3. The zero-order valence-electron chi connectivity index (χ0n) is 28.4. The minimum atomic E-state index is -0.628. The number of aromatic amines is 1. The predicted octanol–water partition coefficient (Wildman–Crippen LogP) is 6.52. The Morgan fingerprint density at radius 1 is 0.857 bits per heavy atom. The summed E-state index contributed by atoms with van der Waals surface area (Å²) < 4.78 is 22.3. The van der Waals surface area contributed by atoms with Crippen LogP contribution in [0.25, 0.3) is 32.7 Å². The van der Waals surface area contributed by atoms with Gasteiger partial charge in [0.2, 0.25) is 0 Å². The summed E-state index contributed by atoms with van der Waals surface area (Å²) >= 11 is 0. The molecule has 0 aliphatic carbocycles. The smallest absolute Gasteiger partial charge is 0.161 e. The third kappa shape index (κ3) is 9.54. The van der Waals surface area contributed by atoms with Crippen LogP contribution in [0.4, 0.5) is 5.69 Å². The second-order valence-electron chi connectivity index (χ2n) is 11.7. The number of nitrogens with two attached hydrogens (primary N) is 1. The monoisotopic (exact) mass is 665 g/mol. The SMILES string of the molecule is COc1cc(NC(C)CCCN)c2ncccc2c1.COc1ccccc1OCCNCC(O)COc1cccc2[nH]c3ccccc3c12. The summed E-state index contributed by atoms with van der Waals surface area (Å²) in [4.78, 5) is 7.85. The van der Waals surface area contributed by atoms with Gasteiger partial charge in [0.05, 0.1) is 30.9 Å². The lowest BCUT2D eigenvalue weighted by Crippen LogP contribution is -2.33. The molecular weight excluding hydrogens is 618 g/mol. The lowest BCUT2D eigenvalue weighted by Gasteiger charge is -2.17. The van der Waals surface area contributed by atoms with Gasteiger partial charge in [0.25, 0.3) is 0 Å². The molecule has 49 heavy (non-hydrogen) atoms. The highest BCUT2D eigenvalue weighted by atomic mass is 16.5. The van der Waals surface area contributed by atoms with Crippen LogP contribution in [0.2, 0.25) is 0 Å². The summed E-state index contributed by atoms with van der Waals surface area (Å²) in [5.41, 5.74) is 9.63. The summed E-state index contributed by atoms with van der Waals surface area (Å²) in [6.45, 7) is 4.58. The molecule has 0 spiro atoms. The fraction of sp³-hybridized carbons (Fsp3) is 0.308. The van der Waals surface area contributed by atoms with Gasteiger partial charge in [-0.3, -0.25) is 4.98 Å². The van der Waals surface area contributed by atoms with Crippen LogP contribution < -0.4 is 35.3 Å². The van der Waals surface area contributed by atoms with E-state index < -0.39 is 6.10 Å². The molecule has 6 rings (SSSR count). The molecule has 10 nitrogen and oxygen atoms in total. The summed E-state index contributed by atoms with van der Waals surface area (Å²) in [5, 5.41) is 20.2. The number of nitrogens with one attached hydrogen (secondary N) is 3. The van der Waals surface area contributed by atoms with Crippen molar-refractivity contribution in [1.82, 2.24) is 15.3 Å². The largest absolute Gasteiger partial charge is 0.497 e. The van der Waals surface area contributed by atoms with Gasteiger partial charge in [-0.25, -0.2) is 0 Å². The van der Waals surface area contributed by atoms with Crippen LogP contribution in [-0.4, -0.2) is 74.3 Å². The number of benzene rings is 4. The Balaban J connectivity index is 0.000000212. The summed E-state index contributed by atoms with van der Waals surface area (Å²) in [6, 6.07) is 29.9. The summed E-state index contributed by atoms with van der Waals surface area (Å²) in [6.07, 6.45) is 3.24. The highest BCUT2D eigenvalue weighted by molar-refractivity contribution is 6.10. The molecule has 6 N–H and O–H groups in total. The molecule has 2 aromatic heterocycles. The molecule has 0 amide bonds. The molecule has 0 saturated heterocycles. The van der Waals surface area contributed by atoms with Gasteiger partial charge in [0.1, 0.15) is 30.8 Å². The Bertz CT molecular complexity index is 1910. The maximum Gasteiger partial charge on any atom is 0.161 e. The zero-order chi connectivity index (χ0) is 34.4. The van der Waals surface area contributed by atoms with E-state index in [4.69, 9.17) is 24.7 Å². The van der Waals surface area contributed by atoms with E-state index in [0.29, 0.717) is 37.2 Å². The fourth-order valence-corrected chi connectivity index (χ4v) is 5.63. The van der Waals surface area contributed by atoms with Gasteiger partial charge >= 0.3 is 0 Å². The molecule has 0 fully saturated rings. The van der Waals surface area contributed by atoms with Crippen molar-refractivity contribution in [2.75, 3.05) is 52.4 Å². The highest BCUT2D eigenvalue weighted by Crippen LogP contribution is 2.33. The molecule has 0 aliphatic heterocycles. The number of aliphatic hydroxyl groups is 1. The van der Waals surface area contributed by atoms with Crippen molar-refractivity contribution in [3.63, 3.8) is 0 Å². The van der Waals surface area contributed by atoms with E-state index in [1.54, 1.807) is 14.2 Å². The molecule has 0 radical (unpaired) electrons. The number of fused-ring (bicyclic) bond motifs is 4. The molecule has 6 aromatic rings. The maximum atomic E-state index is 10.3. The van der Waals surface area contributed by atoms with Crippen LogP contribution in [-0.2, 0) is 0 Å².